The van der Waals surface area contributed by atoms with Crippen LogP contribution in [0, 0.1) is 6.92 Å². The predicted molar refractivity (Wildman–Crippen MR) is 124 cm³/mol. The fourth-order valence-corrected chi connectivity index (χ4v) is 4.89. The van der Waals surface area contributed by atoms with Crippen LogP contribution in [0.4, 0.5) is 0 Å². The molecule has 0 N–H and O–H groups in total. The number of fused-ring (bicyclic) bond motifs is 1. The van der Waals surface area contributed by atoms with Gasteiger partial charge < -0.3 is 14.2 Å². The fourth-order valence-electron chi connectivity index (χ4n) is 3.87. The van der Waals surface area contributed by atoms with Crippen LogP contribution in [-0.2, 0) is 20.8 Å². The Morgan fingerprint density at radius 2 is 1.88 bits per heavy atom. The van der Waals surface area contributed by atoms with E-state index in [1.54, 1.807) is 6.92 Å². The van der Waals surface area contributed by atoms with Crippen molar-refractivity contribution in [2.75, 3.05) is 13.2 Å². The Balaban J connectivity index is 1.38. The molecule has 0 unspecified atom stereocenters. The molecule has 1 aliphatic rings. The van der Waals surface area contributed by atoms with Gasteiger partial charge in [0.05, 0.1) is 11.7 Å². The molecule has 174 valence electrons. The Kier molecular flexibility index (Phi) is 7.39. The van der Waals surface area contributed by atoms with Gasteiger partial charge in [0.1, 0.15) is 41.3 Å². The lowest BCUT2D eigenvalue weighted by Crippen LogP contribution is -2.26. The first kappa shape index (κ1) is 23.0. The molecular weight excluding hydrogens is 444 g/mol. The summed E-state index contributed by atoms with van der Waals surface area (Å²) in [5.41, 5.74) is 0.148. The molecule has 1 saturated carbocycles. The van der Waals surface area contributed by atoms with Crippen molar-refractivity contribution in [3.8, 4) is 5.75 Å². The third-order valence-electron chi connectivity index (χ3n) is 5.59. The molecule has 1 aliphatic carbocycles. The van der Waals surface area contributed by atoms with E-state index < -0.39 is 11.9 Å². The van der Waals surface area contributed by atoms with Crippen molar-refractivity contribution >= 4 is 33.5 Å². The Morgan fingerprint density at radius 3 is 2.64 bits per heavy atom. The minimum Gasteiger partial charge on any atom is -0.490 e. The molecule has 33 heavy (non-hydrogen) atoms. The summed E-state index contributed by atoms with van der Waals surface area (Å²) in [5, 5.41) is 0.332. The molecule has 4 rings (SSSR count). The van der Waals surface area contributed by atoms with Gasteiger partial charge in [0.2, 0.25) is 0 Å². The summed E-state index contributed by atoms with van der Waals surface area (Å²) < 4.78 is 17.5. The molecule has 0 atom stereocenters. The van der Waals surface area contributed by atoms with Crippen LogP contribution >= 0.6 is 11.3 Å². The number of nitrogens with zero attached hydrogens (tertiary/aromatic N) is 2. The number of benzene rings is 1. The van der Waals surface area contributed by atoms with E-state index in [1.807, 2.05) is 30.3 Å². The number of carbonyl (C=O) groups is 2. The van der Waals surface area contributed by atoms with Gasteiger partial charge in [-0.05, 0) is 50.3 Å². The van der Waals surface area contributed by atoms with Crippen LogP contribution in [-0.4, -0.2) is 40.8 Å². The lowest BCUT2D eigenvalue weighted by Gasteiger charge is -2.21. The van der Waals surface area contributed by atoms with Crippen LogP contribution in [0.1, 0.15) is 47.3 Å². The van der Waals surface area contributed by atoms with Crippen LogP contribution in [0.5, 0.6) is 5.75 Å². The van der Waals surface area contributed by atoms with Crippen molar-refractivity contribution in [3.05, 3.63) is 57.5 Å². The van der Waals surface area contributed by atoms with Gasteiger partial charge in [0.15, 0.2) is 0 Å². The molecule has 0 bridgehead atoms. The third kappa shape index (κ3) is 5.60. The highest BCUT2D eigenvalue weighted by atomic mass is 32.1. The summed E-state index contributed by atoms with van der Waals surface area (Å²) in [5.74, 6) is -0.295. The lowest BCUT2D eigenvalue weighted by molar-refractivity contribution is -0.145. The van der Waals surface area contributed by atoms with E-state index >= 15 is 0 Å². The van der Waals surface area contributed by atoms with E-state index in [0.29, 0.717) is 26.4 Å². The largest absolute Gasteiger partial charge is 0.490 e. The number of carbonyl (C=O) groups excluding carboxylic acids is 2. The summed E-state index contributed by atoms with van der Waals surface area (Å²) >= 11 is 1.15. The zero-order valence-corrected chi connectivity index (χ0v) is 19.3. The van der Waals surface area contributed by atoms with Crippen LogP contribution in [0.3, 0.4) is 0 Å². The molecule has 0 saturated heterocycles. The smallest absolute Gasteiger partial charge is 0.348 e. The topological polar surface area (TPSA) is 96.7 Å². The average molecular weight is 471 g/mol. The van der Waals surface area contributed by atoms with E-state index in [1.165, 1.54) is 17.3 Å². The lowest BCUT2D eigenvalue weighted by atomic mass is 9.98. The second-order valence-electron chi connectivity index (χ2n) is 7.96. The van der Waals surface area contributed by atoms with Gasteiger partial charge >= 0.3 is 11.9 Å². The van der Waals surface area contributed by atoms with Crippen LogP contribution in [0.25, 0.3) is 10.2 Å². The molecule has 2 aromatic heterocycles. The maximum Gasteiger partial charge on any atom is 0.348 e. The van der Waals surface area contributed by atoms with Gasteiger partial charge in [-0.25, -0.2) is 9.78 Å². The zero-order chi connectivity index (χ0) is 23.2. The van der Waals surface area contributed by atoms with Gasteiger partial charge in [-0.1, -0.05) is 24.6 Å². The summed E-state index contributed by atoms with van der Waals surface area (Å²) in [7, 11) is 0. The summed E-state index contributed by atoms with van der Waals surface area (Å²) in [6.07, 6.45) is 6.27. The summed E-state index contributed by atoms with van der Waals surface area (Å²) in [6.45, 7) is 1.71. The van der Waals surface area contributed by atoms with E-state index in [-0.39, 0.29) is 31.4 Å². The number of hydrogen-bond donors (Lipinski definition) is 0. The molecule has 0 aliphatic heterocycles. The van der Waals surface area contributed by atoms with Crippen molar-refractivity contribution < 1.29 is 23.8 Å². The number of ether oxygens (including phenoxy) is 3. The van der Waals surface area contributed by atoms with Gasteiger partial charge in [0.25, 0.3) is 5.56 Å². The first-order chi connectivity index (χ1) is 16.0. The van der Waals surface area contributed by atoms with E-state index in [9.17, 15) is 14.4 Å². The molecule has 3 aromatic rings. The van der Waals surface area contributed by atoms with Crippen molar-refractivity contribution in [1.82, 2.24) is 9.55 Å². The standard InChI is InChI=1S/C24H26N2O6S/c1-16-20-22(33-21(16)24(29)32-18-10-6-3-7-11-18)25-15-26(23(20)28)14-19(27)31-13-12-30-17-8-4-2-5-9-17/h2,4-5,8-9,15,18H,3,6-7,10-14H2,1H3. The van der Waals surface area contributed by atoms with Gasteiger partial charge in [-0.2, -0.15) is 0 Å². The van der Waals surface area contributed by atoms with E-state index in [2.05, 4.69) is 4.98 Å². The second kappa shape index (κ2) is 10.6. The highest BCUT2D eigenvalue weighted by molar-refractivity contribution is 7.20. The Morgan fingerprint density at radius 1 is 1.12 bits per heavy atom. The predicted octanol–water partition coefficient (Wildman–Crippen LogP) is 3.88. The number of esters is 2. The van der Waals surface area contributed by atoms with E-state index in [0.717, 1.165) is 37.0 Å². The molecule has 9 heteroatoms. The maximum absolute atomic E-state index is 13.0. The Bertz CT molecular complexity index is 1180. The molecule has 8 nitrogen and oxygen atoms in total. The highest BCUT2D eigenvalue weighted by Crippen LogP contribution is 2.29. The third-order valence-corrected chi connectivity index (χ3v) is 6.77. The van der Waals surface area contributed by atoms with Crippen LogP contribution < -0.4 is 10.3 Å². The molecular formula is C24H26N2O6S. The molecule has 0 radical (unpaired) electrons. The summed E-state index contributed by atoms with van der Waals surface area (Å²) in [4.78, 5) is 43.0. The number of aryl methyl sites for hydroxylation is 1. The molecule has 0 spiro atoms. The minimum absolute atomic E-state index is 0.0623. The quantitative estimate of drug-likeness (QED) is 0.364. The molecule has 2 heterocycles. The SMILES string of the molecule is Cc1c(C(=O)OC2CCCCC2)sc2ncn(CC(=O)OCCOc3ccccc3)c(=O)c12. The molecule has 0 amide bonds. The number of rotatable bonds is 8. The maximum atomic E-state index is 13.0. The minimum atomic E-state index is -0.570. The highest BCUT2D eigenvalue weighted by Gasteiger charge is 2.24. The Hall–Kier alpha value is -3.20. The van der Waals surface area contributed by atoms with Crippen molar-refractivity contribution in [2.24, 2.45) is 0 Å². The first-order valence-corrected chi connectivity index (χ1v) is 11.9. The van der Waals surface area contributed by atoms with E-state index in [4.69, 9.17) is 14.2 Å². The van der Waals surface area contributed by atoms with Crippen molar-refractivity contribution in [3.63, 3.8) is 0 Å². The average Bonchev–Trinajstić information content (AvgIpc) is 3.17. The van der Waals surface area contributed by atoms with Crippen molar-refractivity contribution in [1.29, 1.82) is 0 Å². The fraction of sp³-hybridized carbons (Fsp3) is 0.417. The molecule has 1 aromatic carbocycles. The summed E-state index contributed by atoms with van der Waals surface area (Å²) in [6, 6.07) is 9.21. The van der Waals surface area contributed by atoms with Crippen LogP contribution in [0.15, 0.2) is 41.5 Å². The number of thiophene rings is 1. The second-order valence-corrected chi connectivity index (χ2v) is 8.96. The number of para-hydroxylation sites is 1. The van der Waals surface area contributed by atoms with Gasteiger partial charge in [-0.3, -0.25) is 14.2 Å². The van der Waals surface area contributed by atoms with Gasteiger partial charge in [0, 0.05) is 0 Å². The van der Waals surface area contributed by atoms with Crippen molar-refractivity contribution in [2.45, 2.75) is 51.7 Å². The Labute approximate surface area is 195 Å². The zero-order valence-electron chi connectivity index (χ0n) is 18.5. The molecule has 1 fully saturated rings. The monoisotopic (exact) mass is 470 g/mol. The first-order valence-electron chi connectivity index (χ1n) is 11.1. The van der Waals surface area contributed by atoms with Crippen LogP contribution in [0.2, 0.25) is 0 Å². The number of aromatic nitrogens is 2. The van der Waals surface area contributed by atoms with Gasteiger partial charge in [-0.15, -0.1) is 11.3 Å². The normalized spacial score (nSPS) is 14.2. The number of hydrogen-bond acceptors (Lipinski definition) is 8.